The van der Waals surface area contributed by atoms with Gasteiger partial charge in [-0.15, -0.1) is 0 Å². The molecule has 0 aliphatic carbocycles. The molecule has 0 fully saturated rings. The van der Waals surface area contributed by atoms with Crippen molar-refractivity contribution >= 4 is 21.8 Å². The number of nitrogens with one attached hydrogen (secondary N) is 1. The number of nitrogens with zero attached hydrogens (tertiary/aromatic N) is 7. The quantitative estimate of drug-likeness (QED) is 0.397. The van der Waals surface area contributed by atoms with Crippen molar-refractivity contribution in [3.05, 3.63) is 70.9 Å². The molecule has 0 saturated carbocycles. The molecule has 4 aromatic rings. The van der Waals surface area contributed by atoms with Crippen LogP contribution in [0.4, 0.5) is 0 Å². The lowest BCUT2D eigenvalue weighted by molar-refractivity contribution is 0.0944. The highest BCUT2D eigenvalue weighted by Gasteiger charge is 2.30. The highest BCUT2D eigenvalue weighted by Crippen LogP contribution is 2.21. The van der Waals surface area contributed by atoms with Gasteiger partial charge in [-0.2, -0.15) is 22.1 Å². The van der Waals surface area contributed by atoms with E-state index in [1.807, 2.05) is 60.8 Å². The Morgan fingerprint density at radius 3 is 2.54 bits per heavy atom. The first-order chi connectivity index (χ1) is 17.7. The van der Waals surface area contributed by atoms with E-state index in [-0.39, 0.29) is 12.5 Å². The van der Waals surface area contributed by atoms with Crippen LogP contribution in [0.25, 0.3) is 17.0 Å². The van der Waals surface area contributed by atoms with Crippen molar-refractivity contribution < 1.29 is 13.2 Å². The fourth-order valence-electron chi connectivity index (χ4n) is 4.39. The number of carbonyl (C=O) groups is 1. The fourth-order valence-corrected chi connectivity index (χ4v) is 5.44. The summed E-state index contributed by atoms with van der Waals surface area (Å²) in [7, 11) is -0.468. The molecule has 1 aliphatic heterocycles. The molecule has 0 saturated heterocycles. The van der Waals surface area contributed by atoms with Crippen LogP contribution in [-0.4, -0.2) is 67.7 Å². The lowest BCUT2D eigenvalue weighted by atomic mass is 10.1. The fraction of sp³-hybridized carbons (Fsp3) is 0.360. The van der Waals surface area contributed by atoms with Crippen LogP contribution in [0.15, 0.2) is 42.6 Å². The van der Waals surface area contributed by atoms with Crippen molar-refractivity contribution in [3.8, 4) is 11.4 Å². The van der Waals surface area contributed by atoms with E-state index >= 15 is 0 Å². The van der Waals surface area contributed by atoms with E-state index in [1.54, 1.807) is 4.68 Å². The number of hydrogen-bond acceptors (Lipinski definition) is 6. The van der Waals surface area contributed by atoms with Crippen LogP contribution < -0.4 is 5.32 Å². The molecule has 3 aromatic heterocycles. The Hall–Kier alpha value is -3.61. The lowest BCUT2D eigenvalue weighted by Gasteiger charge is -2.28. The SMILES string of the molecule is CCc1nc2ccc(C)cn2c1C(=O)NCc1ccc(-c2nc3n(n2)CCN(S(=O)(=O)N(C)C)C3)cc1. The predicted molar refractivity (Wildman–Crippen MR) is 139 cm³/mol. The van der Waals surface area contributed by atoms with Crippen molar-refractivity contribution in [1.82, 2.24) is 38.1 Å². The van der Waals surface area contributed by atoms with Crippen LogP contribution in [0, 0.1) is 6.92 Å². The van der Waals surface area contributed by atoms with Crippen LogP contribution in [-0.2, 0) is 36.3 Å². The van der Waals surface area contributed by atoms with Gasteiger partial charge in [0.1, 0.15) is 17.2 Å². The van der Waals surface area contributed by atoms with Gasteiger partial charge in [0.25, 0.3) is 16.1 Å². The summed E-state index contributed by atoms with van der Waals surface area (Å²) in [6, 6.07) is 11.6. The molecule has 11 nitrogen and oxygen atoms in total. The average Bonchev–Trinajstić information content (AvgIpc) is 3.48. The second kappa shape index (κ2) is 9.69. The summed E-state index contributed by atoms with van der Waals surface area (Å²) < 4.78 is 31.2. The number of fused-ring (bicyclic) bond motifs is 2. The monoisotopic (exact) mass is 522 g/mol. The van der Waals surface area contributed by atoms with Crippen LogP contribution >= 0.6 is 0 Å². The normalized spacial score (nSPS) is 14.3. The minimum atomic E-state index is -3.51. The van der Waals surface area contributed by atoms with Gasteiger partial charge in [0.15, 0.2) is 5.82 Å². The number of rotatable bonds is 7. The van der Waals surface area contributed by atoms with E-state index in [1.165, 1.54) is 22.7 Å². The number of carbonyl (C=O) groups excluding carboxylic acids is 1. The molecule has 37 heavy (non-hydrogen) atoms. The summed E-state index contributed by atoms with van der Waals surface area (Å²) in [5, 5.41) is 7.58. The standard InChI is InChI=1S/C25H30N8O3S/c1-5-20-23(32-15-17(2)6-11-21(32)27-20)25(34)26-14-18-7-9-19(10-8-18)24-28-22-16-31(12-13-33(22)29-24)37(35,36)30(3)4/h6-11,15H,5,12-14,16H2,1-4H3,(H,26,34). The van der Waals surface area contributed by atoms with Gasteiger partial charge in [-0.3, -0.25) is 9.20 Å². The predicted octanol–water partition coefficient (Wildman–Crippen LogP) is 2.02. The van der Waals surface area contributed by atoms with E-state index in [0.717, 1.165) is 28.0 Å². The Morgan fingerprint density at radius 2 is 1.84 bits per heavy atom. The molecule has 5 rings (SSSR count). The summed E-state index contributed by atoms with van der Waals surface area (Å²) in [6.07, 6.45) is 2.59. The van der Waals surface area contributed by atoms with E-state index in [9.17, 15) is 13.2 Å². The maximum atomic E-state index is 13.1. The Morgan fingerprint density at radius 1 is 1.08 bits per heavy atom. The van der Waals surface area contributed by atoms with Gasteiger partial charge in [0.05, 0.1) is 18.8 Å². The summed E-state index contributed by atoms with van der Waals surface area (Å²) in [6.45, 7) is 5.32. The number of aromatic nitrogens is 5. The van der Waals surface area contributed by atoms with Gasteiger partial charge in [0, 0.05) is 38.9 Å². The van der Waals surface area contributed by atoms with E-state index in [4.69, 9.17) is 0 Å². The number of imidazole rings is 1. The van der Waals surface area contributed by atoms with Gasteiger partial charge < -0.3 is 5.32 Å². The highest BCUT2D eigenvalue weighted by molar-refractivity contribution is 7.86. The minimum absolute atomic E-state index is 0.167. The molecule has 1 amide bonds. The Bertz CT molecular complexity index is 1570. The van der Waals surface area contributed by atoms with Crippen LogP contribution in [0.3, 0.4) is 0 Å². The number of aryl methyl sites for hydroxylation is 2. The third-order valence-corrected chi connectivity index (χ3v) is 8.36. The largest absolute Gasteiger partial charge is 0.347 e. The average molecular weight is 523 g/mol. The second-order valence-corrected chi connectivity index (χ2v) is 11.4. The van der Waals surface area contributed by atoms with Gasteiger partial charge in [-0.25, -0.2) is 14.6 Å². The molecule has 12 heteroatoms. The zero-order valence-electron chi connectivity index (χ0n) is 21.3. The van der Waals surface area contributed by atoms with Gasteiger partial charge in [0.2, 0.25) is 0 Å². The molecule has 0 radical (unpaired) electrons. The molecule has 0 spiro atoms. The molecule has 4 heterocycles. The number of benzene rings is 1. The van der Waals surface area contributed by atoms with Crippen molar-refractivity contribution in [3.63, 3.8) is 0 Å². The summed E-state index contributed by atoms with van der Waals surface area (Å²) in [5.74, 6) is 0.987. The minimum Gasteiger partial charge on any atom is -0.347 e. The van der Waals surface area contributed by atoms with Crippen molar-refractivity contribution in [2.45, 2.75) is 39.9 Å². The van der Waals surface area contributed by atoms with Gasteiger partial charge >= 0.3 is 0 Å². The summed E-state index contributed by atoms with van der Waals surface area (Å²) in [5.41, 5.74) is 4.91. The first kappa shape index (κ1) is 25.1. The Labute approximate surface area is 215 Å². The van der Waals surface area contributed by atoms with Crippen LogP contribution in [0.5, 0.6) is 0 Å². The third-order valence-electron chi connectivity index (χ3n) is 6.47. The first-order valence-electron chi connectivity index (χ1n) is 12.1. The summed E-state index contributed by atoms with van der Waals surface area (Å²) >= 11 is 0. The number of hydrogen-bond donors (Lipinski definition) is 1. The third kappa shape index (κ3) is 4.75. The van der Waals surface area contributed by atoms with E-state index in [0.29, 0.717) is 43.4 Å². The zero-order chi connectivity index (χ0) is 26.3. The number of pyridine rings is 1. The number of amides is 1. The van der Waals surface area contributed by atoms with E-state index < -0.39 is 10.2 Å². The van der Waals surface area contributed by atoms with Crippen molar-refractivity contribution in [2.75, 3.05) is 20.6 Å². The van der Waals surface area contributed by atoms with E-state index in [2.05, 4.69) is 20.4 Å². The smallest absolute Gasteiger partial charge is 0.281 e. The van der Waals surface area contributed by atoms with Gasteiger partial charge in [-0.1, -0.05) is 37.3 Å². The van der Waals surface area contributed by atoms with Gasteiger partial charge in [-0.05, 0) is 30.5 Å². The van der Waals surface area contributed by atoms with Crippen molar-refractivity contribution in [1.29, 1.82) is 0 Å². The molecule has 0 unspecified atom stereocenters. The topological polar surface area (TPSA) is 118 Å². The first-order valence-corrected chi connectivity index (χ1v) is 13.5. The van der Waals surface area contributed by atoms with Crippen LogP contribution in [0.1, 0.15) is 40.1 Å². The zero-order valence-corrected chi connectivity index (χ0v) is 22.2. The van der Waals surface area contributed by atoms with Crippen LogP contribution in [0.2, 0.25) is 0 Å². The maximum Gasteiger partial charge on any atom is 0.281 e. The molecule has 194 valence electrons. The molecule has 1 N–H and O–H groups in total. The molecule has 0 bridgehead atoms. The lowest BCUT2D eigenvalue weighted by Crippen LogP contribution is -2.44. The second-order valence-electron chi connectivity index (χ2n) is 9.27. The molecular formula is C25H30N8O3S. The molecular weight excluding hydrogens is 492 g/mol. The molecule has 1 aromatic carbocycles. The summed E-state index contributed by atoms with van der Waals surface area (Å²) in [4.78, 5) is 22.3. The maximum absolute atomic E-state index is 13.1. The van der Waals surface area contributed by atoms with Crippen molar-refractivity contribution in [2.24, 2.45) is 0 Å². The molecule has 1 aliphatic rings. The molecule has 0 atom stereocenters. The Kier molecular flexibility index (Phi) is 6.56. The highest BCUT2D eigenvalue weighted by atomic mass is 32.2. The Balaban J connectivity index is 1.28.